The van der Waals surface area contributed by atoms with E-state index in [0.29, 0.717) is 51.2 Å². The van der Waals surface area contributed by atoms with Gasteiger partial charge in [0.2, 0.25) is 5.88 Å². The van der Waals surface area contributed by atoms with Crippen LogP contribution in [0.4, 0.5) is 17.3 Å². The fourth-order valence-electron chi connectivity index (χ4n) is 3.52. The number of hydrogen-bond donors (Lipinski definition) is 3. The third-order valence-electron chi connectivity index (χ3n) is 5.28. The molecule has 1 aliphatic rings. The van der Waals surface area contributed by atoms with Gasteiger partial charge in [0.1, 0.15) is 17.3 Å². The minimum atomic E-state index is -3.82. The van der Waals surface area contributed by atoms with Crippen LogP contribution in [0.1, 0.15) is 5.56 Å². The molecule has 5 rings (SSSR count). The van der Waals surface area contributed by atoms with Crippen LogP contribution in [0, 0.1) is 5.41 Å². The molecular weight excluding hydrogens is 511 g/mol. The number of hydrogen-bond acceptors (Lipinski definition) is 6. The summed E-state index contributed by atoms with van der Waals surface area (Å²) >= 11 is 11.9. The zero-order chi connectivity index (χ0) is 24.6. The van der Waals surface area contributed by atoms with Gasteiger partial charge < -0.3 is 19.4 Å². The monoisotopic (exact) mass is 528 g/mol. The molecule has 2 heterocycles. The Morgan fingerprint density at radius 2 is 1.66 bits per heavy atom. The van der Waals surface area contributed by atoms with Crippen LogP contribution in [0.25, 0.3) is 0 Å². The van der Waals surface area contributed by atoms with Gasteiger partial charge >= 0.3 is 0 Å². The third kappa shape index (κ3) is 4.79. The molecule has 0 radical (unpaired) electrons. The lowest BCUT2D eigenvalue weighted by Crippen LogP contribution is -2.39. The molecule has 35 heavy (non-hydrogen) atoms. The molecule has 0 unspecified atom stereocenters. The van der Waals surface area contributed by atoms with Crippen LogP contribution in [-0.2, 0) is 10.0 Å². The number of benzene rings is 3. The lowest BCUT2D eigenvalue weighted by Gasteiger charge is -2.29. The molecule has 0 saturated carbocycles. The van der Waals surface area contributed by atoms with Crippen molar-refractivity contribution in [3.8, 4) is 11.5 Å². The molecule has 0 spiro atoms. The van der Waals surface area contributed by atoms with Gasteiger partial charge in [-0.05, 0) is 66.7 Å². The minimum absolute atomic E-state index is 0.0811. The van der Waals surface area contributed by atoms with Crippen molar-refractivity contribution in [1.29, 1.82) is 5.41 Å². The first kappa shape index (κ1) is 23.1. The van der Waals surface area contributed by atoms with E-state index in [0.717, 1.165) is 5.69 Å². The molecule has 0 bridgehead atoms. The van der Waals surface area contributed by atoms with E-state index in [4.69, 9.17) is 37.8 Å². The Kier molecular flexibility index (Phi) is 6.06. The van der Waals surface area contributed by atoms with Gasteiger partial charge in [-0.2, -0.15) is 0 Å². The van der Waals surface area contributed by atoms with Gasteiger partial charge in [-0.25, -0.2) is 8.42 Å². The zero-order valence-electron chi connectivity index (χ0n) is 18.0. The molecule has 0 aliphatic carbocycles. The van der Waals surface area contributed by atoms with Crippen molar-refractivity contribution in [2.75, 3.05) is 21.6 Å². The largest absolute Gasteiger partial charge is 0.457 e. The SMILES string of the molecule is N=C1c2ccoc2NCN1c1ccc(NS(=O)(=O)c2ccc(Oc3ccc(Cl)c(Cl)c3)cc2)cc1. The number of halogens is 2. The van der Waals surface area contributed by atoms with E-state index >= 15 is 0 Å². The lowest BCUT2D eigenvalue weighted by atomic mass is 10.2. The molecule has 4 aromatic rings. The van der Waals surface area contributed by atoms with Crippen molar-refractivity contribution in [2.45, 2.75) is 4.90 Å². The number of sulfonamides is 1. The van der Waals surface area contributed by atoms with E-state index in [-0.39, 0.29) is 4.90 Å². The first-order valence-corrected chi connectivity index (χ1v) is 12.6. The number of rotatable bonds is 6. The summed E-state index contributed by atoms with van der Waals surface area (Å²) in [5, 5.41) is 12.3. The molecule has 0 atom stereocenters. The first-order chi connectivity index (χ1) is 16.8. The summed E-state index contributed by atoms with van der Waals surface area (Å²) < 4.78 is 39.3. The normalized spacial score (nSPS) is 13.2. The van der Waals surface area contributed by atoms with Gasteiger partial charge in [0.15, 0.2) is 0 Å². The summed E-state index contributed by atoms with van der Waals surface area (Å²) in [6.45, 7) is 0.362. The topological polar surface area (TPSA) is 108 Å². The maximum atomic E-state index is 12.9. The van der Waals surface area contributed by atoms with Crippen LogP contribution < -0.4 is 19.7 Å². The second-order valence-corrected chi connectivity index (χ2v) is 10.1. The minimum Gasteiger partial charge on any atom is -0.457 e. The van der Waals surface area contributed by atoms with Crippen LogP contribution in [0.15, 0.2) is 88.4 Å². The molecule has 3 N–H and O–H groups in total. The van der Waals surface area contributed by atoms with E-state index in [2.05, 4.69) is 10.0 Å². The molecule has 0 saturated heterocycles. The number of nitrogens with one attached hydrogen (secondary N) is 3. The van der Waals surface area contributed by atoms with Crippen molar-refractivity contribution in [1.82, 2.24) is 0 Å². The summed E-state index contributed by atoms with van der Waals surface area (Å²) in [6, 6.07) is 19.4. The predicted molar refractivity (Wildman–Crippen MR) is 137 cm³/mol. The van der Waals surface area contributed by atoms with Gasteiger partial charge in [0.05, 0.1) is 33.4 Å². The molecule has 11 heteroatoms. The number of fused-ring (bicyclic) bond motifs is 1. The van der Waals surface area contributed by atoms with Crippen molar-refractivity contribution < 1.29 is 17.6 Å². The van der Waals surface area contributed by atoms with Crippen LogP contribution in [0.5, 0.6) is 11.5 Å². The van der Waals surface area contributed by atoms with Crippen molar-refractivity contribution >= 4 is 56.3 Å². The van der Waals surface area contributed by atoms with Gasteiger partial charge in [0.25, 0.3) is 10.0 Å². The molecule has 1 aromatic heterocycles. The average Bonchev–Trinajstić information content (AvgIpc) is 3.33. The molecule has 178 valence electrons. The number of anilines is 3. The summed E-state index contributed by atoms with van der Waals surface area (Å²) in [5.74, 6) is 1.78. The Morgan fingerprint density at radius 3 is 2.37 bits per heavy atom. The van der Waals surface area contributed by atoms with Gasteiger partial charge in [0, 0.05) is 17.4 Å². The smallest absolute Gasteiger partial charge is 0.261 e. The number of ether oxygens (including phenoxy) is 1. The zero-order valence-corrected chi connectivity index (χ0v) is 20.3. The van der Waals surface area contributed by atoms with Crippen LogP contribution in [0.3, 0.4) is 0 Å². The van der Waals surface area contributed by atoms with Gasteiger partial charge in [-0.3, -0.25) is 10.1 Å². The van der Waals surface area contributed by atoms with Crippen molar-refractivity contribution in [3.05, 3.63) is 94.7 Å². The van der Waals surface area contributed by atoms with Crippen LogP contribution in [-0.4, -0.2) is 20.9 Å². The number of nitrogens with zero attached hydrogens (tertiary/aromatic N) is 1. The second-order valence-electron chi connectivity index (χ2n) is 7.58. The van der Waals surface area contributed by atoms with Gasteiger partial charge in [-0.15, -0.1) is 0 Å². The highest BCUT2D eigenvalue weighted by molar-refractivity contribution is 7.92. The summed E-state index contributed by atoms with van der Waals surface area (Å²) in [7, 11) is -3.82. The average molecular weight is 529 g/mol. The summed E-state index contributed by atoms with van der Waals surface area (Å²) in [4.78, 5) is 1.83. The first-order valence-electron chi connectivity index (χ1n) is 10.3. The highest BCUT2D eigenvalue weighted by Gasteiger charge is 2.24. The molecule has 8 nitrogen and oxygen atoms in total. The van der Waals surface area contributed by atoms with Crippen molar-refractivity contribution in [2.24, 2.45) is 0 Å². The van der Waals surface area contributed by atoms with Gasteiger partial charge in [-0.1, -0.05) is 23.2 Å². The lowest BCUT2D eigenvalue weighted by molar-refractivity contribution is 0.482. The third-order valence-corrected chi connectivity index (χ3v) is 7.42. The number of amidine groups is 1. The Balaban J connectivity index is 1.26. The van der Waals surface area contributed by atoms with Crippen LogP contribution >= 0.6 is 23.2 Å². The number of furan rings is 1. The maximum absolute atomic E-state index is 12.9. The van der Waals surface area contributed by atoms with Crippen molar-refractivity contribution in [3.63, 3.8) is 0 Å². The Hall–Kier alpha value is -3.66. The quantitative estimate of drug-likeness (QED) is 0.267. The fraction of sp³-hybridized carbons (Fsp3) is 0.0417. The molecule has 0 fully saturated rings. The molecule has 0 amide bonds. The van der Waals surface area contributed by atoms with E-state index in [1.807, 2.05) is 0 Å². The summed E-state index contributed by atoms with van der Waals surface area (Å²) in [5.41, 5.74) is 1.79. The predicted octanol–water partition coefficient (Wildman–Crippen LogP) is 6.39. The Bertz CT molecular complexity index is 1500. The standard InChI is InChI=1S/C24H18Cl2N4O4S/c25-21-10-7-18(13-22(21)26)34-17-5-8-19(9-6-17)35(31,32)29-15-1-3-16(4-2-15)30-14-28-24-20(23(30)27)11-12-33-24/h1-13,27-29H,14H2. The fourth-order valence-corrected chi connectivity index (χ4v) is 4.86. The summed E-state index contributed by atoms with van der Waals surface area (Å²) in [6.07, 6.45) is 1.53. The molecular formula is C24H18Cl2N4O4S. The maximum Gasteiger partial charge on any atom is 0.261 e. The Labute approximate surface area is 211 Å². The van der Waals surface area contributed by atoms with Crippen LogP contribution in [0.2, 0.25) is 10.0 Å². The highest BCUT2D eigenvalue weighted by Crippen LogP contribution is 2.31. The molecule has 3 aromatic carbocycles. The second kappa shape index (κ2) is 9.18. The van der Waals surface area contributed by atoms with E-state index < -0.39 is 10.0 Å². The Morgan fingerprint density at radius 1 is 0.943 bits per heavy atom. The van der Waals surface area contributed by atoms with E-state index in [9.17, 15) is 8.42 Å². The highest BCUT2D eigenvalue weighted by atomic mass is 35.5. The van der Waals surface area contributed by atoms with E-state index in [1.165, 1.54) is 18.4 Å². The molecule has 1 aliphatic heterocycles. The van der Waals surface area contributed by atoms with E-state index in [1.54, 1.807) is 65.6 Å².